The number of para-hydroxylation sites is 1. The highest BCUT2D eigenvalue weighted by Crippen LogP contribution is 2.25. The van der Waals surface area contributed by atoms with E-state index in [1.54, 1.807) is 0 Å². The first kappa shape index (κ1) is 13.4. The summed E-state index contributed by atoms with van der Waals surface area (Å²) in [6.45, 7) is 4.73. The summed E-state index contributed by atoms with van der Waals surface area (Å²) in [4.78, 5) is 2.14. The van der Waals surface area contributed by atoms with Gasteiger partial charge in [-0.3, -0.25) is 0 Å². The number of likely N-dealkylation sites (N-methyl/N-ethyl adjacent to an activating group) is 1. The van der Waals surface area contributed by atoms with Gasteiger partial charge in [-0.05, 0) is 39.4 Å². The zero-order valence-electron chi connectivity index (χ0n) is 11.7. The van der Waals surface area contributed by atoms with Crippen molar-refractivity contribution >= 4 is 0 Å². The van der Waals surface area contributed by atoms with Crippen LogP contribution in [0.3, 0.4) is 0 Å². The highest BCUT2D eigenvalue weighted by molar-refractivity contribution is 5.40. The average Bonchev–Trinajstić information content (AvgIpc) is 3.12. The Morgan fingerprint density at radius 3 is 2.78 bits per heavy atom. The maximum atomic E-state index is 5.95. The van der Waals surface area contributed by atoms with Crippen molar-refractivity contribution in [1.82, 2.24) is 10.2 Å². The van der Waals surface area contributed by atoms with Crippen molar-refractivity contribution in [3.05, 3.63) is 29.3 Å². The number of nitrogens with zero attached hydrogens (tertiary/aromatic N) is 1. The molecule has 0 spiro atoms. The third kappa shape index (κ3) is 4.00. The average molecular weight is 248 g/mol. The second-order valence-electron chi connectivity index (χ2n) is 5.37. The molecule has 0 unspecified atom stereocenters. The van der Waals surface area contributed by atoms with Crippen molar-refractivity contribution in [3.63, 3.8) is 0 Å². The number of nitrogens with one attached hydrogen (secondary N) is 1. The Hall–Kier alpha value is -1.06. The molecule has 3 nitrogen and oxygen atoms in total. The Balaban J connectivity index is 1.95. The molecule has 0 radical (unpaired) electrons. The summed E-state index contributed by atoms with van der Waals surface area (Å²) in [6, 6.07) is 7.12. The molecule has 1 aromatic rings. The number of benzene rings is 1. The van der Waals surface area contributed by atoms with Gasteiger partial charge in [0.15, 0.2) is 0 Å². The minimum Gasteiger partial charge on any atom is -0.492 e. The van der Waals surface area contributed by atoms with Gasteiger partial charge in [0.2, 0.25) is 0 Å². The van der Waals surface area contributed by atoms with Crippen LogP contribution in [0.1, 0.15) is 24.0 Å². The highest BCUT2D eigenvalue weighted by Gasteiger charge is 2.20. The Morgan fingerprint density at radius 2 is 2.11 bits per heavy atom. The van der Waals surface area contributed by atoms with Crippen molar-refractivity contribution < 1.29 is 4.74 Å². The van der Waals surface area contributed by atoms with Crippen LogP contribution in [0.15, 0.2) is 18.2 Å². The fourth-order valence-corrected chi connectivity index (χ4v) is 1.93. The van der Waals surface area contributed by atoms with Crippen molar-refractivity contribution in [1.29, 1.82) is 0 Å². The smallest absolute Gasteiger partial charge is 0.126 e. The molecule has 0 saturated heterocycles. The number of hydrogen-bond donors (Lipinski definition) is 1. The van der Waals surface area contributed by atoms with Gasteiger partial charge in [0.25, 0.3) is 0 Å². The van der Waals surface area contributed by atoms with Crippen LogP contribution in [-0.2, 0) is 6.54 Å². The molecule has 0 atom stereocenters. The molecule has 0 aliphatic heterocycles. The summed E-state index contributed by atoms with van der Waals surface area (Å²) in [5.41, 5.74) is 2.50. The molecule has 2 rings (SSSR count). The quantitative estimate of drug-likeness (QED) is 0.800. The van der Waals surface area contributed by atoms with Crippen LogP contribution in [0.4, 0.5) is 0 Å². The molecule has 1 N–H and O–H groups in total. The summed E-state index contributed by atoms with van der Waals surface area (Å²) in [5, 5.41) is 3.55. The van der Waals surface area contributed by atoms with Gasteiger partial charge in [-0.1, -0.05) is 18.2 Å². The molecule has 0 amide bonds. The van der Waals surface area contributed by atoms with Crippen molar-refractivity contribution in [2.75, 3.05) is 27.2 Å². The highest BCUT2D eigenvalue weighted by atomic mass is 16.5. The van der Waals surface area contributed by atoms with Gasteiger partial charge >= 0.3 is 0 Å². The van der Waals surface area contributed by atoms with Crippen LogP contribution < -0.4 is 10.1 Å². The maximum absolute atomic E-state index is 5.95. The molecule has 3 heteroatoms. The molecule has 100 valence electrons. The summed E-state index contributed by atoms with van der Waals surface area (Å²) in [7, 11) is 4.13. The minimum atomic E-state index is 0.736. The van der Waals surface area contributed by atoms with E-state index < -0.39 is 0 Å². The predicted octanol–water partition coefficient (Wildman–Crippen LogP) is 2.19. The zero-order chi connectivity index (χ0) is 13.0. The second kappa shape index (κ2) is 6.21. The third-order valence-electron chi connectivity index (χ3n) is 3.24. The lowest BCUT2D eigenvalue weighted by Crippen LogP contribution is -2.21. The van der Waals surface area contributed by atoms with Crippen LogP contribution in [0.5, 0.6) is 5.75 Å². The SMILES string of the molecule is Cc1cccc(CNC2CC2)c1OCCN(C)C. The molecule has 1 fully saturated rings. The monoisotopic (exact) mass is 248 g/mol. The second-order valence-corrected chi connectivity index (χ2v) is 5.37. The molecule has 18 heavy (non-hydrogen) atoms. The molecule has 0 heterocycles. The van der Waals surface area contributed by atoms with E-state index in [0.717, 1.165) is 31.5 Å². The topological polar surface area (TPSA) is 24.5 Å². The van der Waals surface area contributed by atoms with E-state index >= 15 is 0 Å². The van der Waals surface area contributed by atoms with Gasteiger partial charge in [0, 0.05) is 24.7 Å². The first-order valence-corrected chi connectivity index (χ1v) is 6.76. The van der Waals surface area contributed by atoms with Crippen molar-refractivity contribution in [3.8, 4) is 5.75 Å². The third-order valence-corrected chi connectivity index (χ3v) is 3.24. The van der Waals surface area contributed by atoms with Crippen LogP contribution in [-0.4, -0.2) is 38.2 Å². The van der Waals surface area contributed by atoms with Crippen molar-refractivity contribution in [2.24, 2.45) is 0 Å². The molecular weight excluding hydrogens is 224 g/mol. The molecule has 0 bridgehead atoms. The molecule has 1 aromatic carbocycles. The van der Waals surface area contributed by atoms with Crippen LogP contribution in [0.2, 0.25) is 0 Å². The standard InChI is InChI=1S/C15H24N2O/c1-12-5-4-6-13(11-16-14-7-8-14)15(12)18-10-9-17(2)3/h4-6,14,16H,7-11H2,1-3H3. The maximum Gasteiger partial charge on any atom is 0.126 e. The lowest BCUT2D eigenvalue weighted by Gasteiger charge is -2.16. The predicted molar refractivity (Wildman–Crippen MR) is 75.1 cm³/mol. The van der Waals surface area contributed by atoms with Gasteiger partial charge < -0.3 is 15.0 Å². The molecule has 1 aliphatic carbocycles. The molecule has 0 aromatic heterocycles. The molecule has 1 aliphatic rings. The Bertz CT molecular complexity index is 386. The Labute approximate surface area is 110 Å². The van der Waals surface area contributed by atoms with E-state index in [9.17, 15) is 0 Å². The van der Waals surface area contributed by atoms with Gasteiger partial charge in [-0.15, -0.1) is 0 Å². The van der Waals surface area contributed by atoms with Crippen molar-refractivity contribution in [2.45, 2.75) is 32.4 Å². The number of hydrogen-bond acceptors (Lipinski definition) is 3. The van der Waals surface area contributed by atoms with Gasteiger partial charge in [-0.2, -0.15) is 0 Å². The van der Waals surface area contributed by atoms with Crippen LogP contribution in [0, 0.1) is 6.92 Å². The van der Waals surface area contributed by atoms with Crippen LogP contribution in [0.25, 0.3) is 0 Å². The van der Waals surface area contributed by atoms with Gasteiger partial charge in [-0.25, -0.2) is 0 Å². The molecular formula is C15H24N2O. The number of rotatable bonds is 7. The number of ether oxygens (including phenoxy) is 1. The Kier molecular flexibility index (Phi) is 4.61. The Morgan fingerprint density at radius 1 is 1.33 bits per heavy atom. The van der Waals surface area contributed by atoms with E-state index in [-0.39, 0.29) is 0 Å². The first-order valence-electron chi connectivity index (χ1n) is 6.76. The lowest BCUT2D eigenvalue weighted by atomic mass is 10.1. The fraction of sp³-hybridized carbons (Fsp3) is 0.600. The van der Waals surface area contributed by atoms with Crippen LogP contribution >= 0.6 is 0 Å². The van der Waals surface area contributed by atoms with E-state index in [0.29, 0.717) is 0 Å². The molecule has 1 saturated carbocycles. The summed E-state index contributed by atoms with van der Waals surface area (Å²) >= 11 is 0. The van der Waals surface area contributed by atoms with E-state index in [1.807, 2.05) is 0 Å². The first-order chi connectivity index (χ1) is 8.66. The minimum absolute atomic E-state index is 0.736. The summed E-state index contributed by atoms with van der Waals surface area (Å²) in [6.07, 6.45) is 2.64. The van der Waals surface area contributed by atoms with Gasteiger partial charge in [0.05, 0.1) is 0 Å². The normalized spacial score (nSPS) is 15.1. The van der Waals surface area contributed by atoms with Gasteiger partial charge in [0.1, 0.15) is 12.4 Å². The lowest BCUT2D eigenvalue weighted by molar-refractivity contribution is 0.258. The van der Waals surface area contributed by atoms with E-state index in [2.05, 4.69) is 49.4 Å². The summed E-state index contributed by atoms with van der Waals surface area (Å²) < 4.78 is 5.95. The largest absolute Gasteiger partial charge is 0.492 e. The fourth-order valence-electron chi connectivity index (χ4n) is 1.93. The summed E-state index contributed by atoms with van der Waals surface area (Å²) in [5.74, 6) is 1.06. The van der Waals surface area contributed by atoms with E-state index in [1.165, 1.54) is 24.0 Å². The zero-order valence-corrected chi connectivity index (χ0v) is 11.7. The number of aryl methyl sites for hydroxylation is 1. The van der Waals surface area contributed by atoms with E-state index in [4.69, 9.17) is 4.74 Å².